The normalized spacial score (nSPS) is 22.9. The van der Waals surface area contributed by atoms with Crippen molar-refractivity contribution in [3.63, 3.8) is 0 Å². The number of hydrogen-bond donors (Lipinski definition) is 0. The fourth-order valence-electron chi connectivity index (χ4n) is 3.87. The first-order chi connectivity index (χ1) is 12.4. The summed E-state index contributed by atoms with van der Waals surface area (Å²) < 4.78 is 42.4. The first kappa shape index (κ1) is 19.4. The summed E-state index contributed by atoms with van der Waals surface area (Å²) in [6.07, 6.45) is 5.47. The predicted octanol–water partition coefficient (Wildman–Crippen LogP) is 3.21. The number of carbonyl (C=O) groups excluding carboxylic acids is 1. The van der Waals surface area contributed by atoms with E-state index < -0.39 is 15.7 Å². The molecule has 2 aliphatic rings. The quantitative estimate of drug-likeness (QED) is 0.757. The number of carbonyl (C=O) groups is 1. The number of nitrogens with zero attached hydrogens (tertiary/aromatic N) is 1. The van der Waals surface area contributed by atoms with E-state index in [0.717, 1.165) is 38.2 Å². The van der Waals surface area contributed by atoms with E-state index in [-0.39, 0.29) is 46.9 Å². The highest BCUT2D eigenvalue weighted by Crippen LogP contribution is 2.29. The first-order valence-corrected chi connectivity index (χ1v) is 11.1. The van der Waals surface area contributed by atoms with Crippen molar-refractivity contribution in [2.45, 2.75) is 50.6 Å². The summed E-state index contributed by atoms with van der Waals surface area (Å²) in [6, 6.07) is 3.50. The molecule has 1 aromatic carbocycles. The Kier molecular flexibility index (Phi) is 6.07. The molecule has 1 heterocycles. The lowest BCUT2D eigenvalue weighted by Gasteiger charge is -2.38. The van der Waals surface area contributed by atoms with E-state index in [1.54, 1.807) is 4.90 Å². The molecule has 144 valence electrons. The molecule has 1 saturated carbocycles. The highest BCUT2D eigenvalue weighted by atomic mass is 35.5. The Morgan fingerprint density at radius 3 is 2.54 bits per heavy atom. The van der Waals surface area contributed by atoms with Gasteiger partial charge in [0.05, 0.1) is 16.5 Å². The molecule has 1 aromatic rings. The summed E-state index contributed by atoms with van der Waals surface area (Å²) in [6.45, 7) is -0.238. The Morgan fingerprint density at radius 1 is 1.19 bits per heavy atom. The Bertz CT molecular complexity index is 764. The van der Waals surface area contributed by atoms with E-state index >= 15 is 0 Å². The van der Waals surface area contributed by atoms with Crippen molar-refractivity contribution in [3.05, 3.63) is 29.0 Å². The van der Waals surface area contributed by atoms with Gasteiger partial charge in [0.25, 0.3) is 5.91 Å². The second-order valence-corrected chi connectivity index (χ2v) is 9.65. The van der Waals surface area contributed by atoms with E-state index in [1.807, 2.05) is 0 Å². The Hall–Kier alpha value is -1.34. The lowest BCUT2D eigenvalue weighted by Crippen LogP contribution is -2.50. The molecule has 26 heavy (non-hydrogen) atoms. The summed E-state index contributed by atoms with van der Waals surface area (Å²) in [5, 5.41) is 0.102. The van der Waals surface area contributed by atoms with Gasteiger partial charge in [0.2, 0.25) is 0 Å². The number of rotatable bonds is 5. The molecule has 1 aliphatic heterocycles. The lowest BCUT2D eigenvalue weighted by molar-refractivity contribution is -0.138. The van der Waals surface area contributed by atoms with Crippen molar-refractivity contribution in [1.29, 1.82) is 0 Å². The van der Waals surface area contributed by atoms with Crippen LogP contribution in [0.4, 0.5) is 4.39 Å². The monoisotopic (exact) mass is 403 g/mol. The van der Waals surface area contributed by atoms with Crippen molar-refractivity contribution in [3.8, 4) is 5.75 Å². The molecule has 1 aliphatic carbocycles. The number of amides is 1. The molecular weight excluding hydrogens is 381 g/mol. The Morgan fingerprint density at radius 2 is 1.92 bits per heavy atom. The zero-order valence-corrected chi connectivity index (χ0v) is 16.1. The molecule has 2 fully saturated rings. The molecule has 1 saturated heterocycles. The van der Waals surface area contributed by atoms with Crippen molar-refractivity contribution >= 4 is 27.3 Å². The molecule has 1 amide bonds. The third kappa shape index (κ3) is 4.68. The smallest absolute Gasteiger partial charge is 0.261 e. The lowest BCUT2D eigenvalue weighted by atomic mass is 9.93. The SMILES string of the molecule is O=C(COc1ccc(F)cc1Cl)N(C1CCCCC1)C1CCS(=O)(=O)C1. The maximum absolute atomic E-state index is 13.1. The van der Waals surface area contributed by atoms with E-state index in [2.05, 4.69) is 0 Å². The van der Waals surface area contributed by atoms with E-state index in [0.29, 0.717) is 6.42 Å². The van der Waals surface area contributed by atoms with Gasteiger partial charge >= 0.3 is 0 Å². The van der Waals surface area contributed by atoms with E-state index in [4.69, 9.17) is 16.3 Å². The Labute approximate surface area is 158 Å². The third-order valence-electron chi connectivity index (χ3n) is 5.10. The molecule has 3 rings (SSSR count). The number of benzene rings is 1. The van der Waals surface area contributed by atoms with Gasteiger partial charge in [-0.05, 0) is 37.5 Å². The summed E-state index contributed by atoms with van der Waals surface area (Å²) in [5.74, 6) is -0.331. The highest BCUT2D eigenvalue weighted by Gasteiger charge is 2.38. The predicted molar refractivity (Wildman–Crippen MR) is 97.7 cm³/mol. The van der Waals surface area contributed by atoms with E-state index in [9.17, 15) is 17.6 Å². The van der Waals surface area contributed by atoms with Crippen LogP contribution in [0, 0.1) is 5.82 Å². The van der Waals surface area contributed by atoms with Crippen LogP contribution in [0.25, 0.3) is 0 Å². The number of sulfone groups is 1. The second-order valence-electron chi connectivity index (χ2n) is 7.01. The summed E-state index contributed by atoms with van der Waals surface area (Å²) in [7, 11) is -3.09. The molecular formula is C18H23ClFNO4S. The fraction of sp³-hybridized carbons (Fsp3) is 0.611. The molecule has 5 nitrogen and oxygen atoms in total. The standard InChI is InChI=1S/C18H23ClFNO4S/c19-16-10-13(20)6-7-17(16)25-11-18(22)21(14-4-2-1-3-5-14)15-8-9-26(23,24)12-15/h6-7,10,14-15H,1-5,8-9,11-12H2. The minimum atomic E-state index is -3.09. The molecule has 0 radical (unpaired) electrons. The maximum Gasteiger partial charge on any atom is 0.261 e. The molecule has 0 bridgehead atoms. The van der Waals surface area contributed by atoms with Crippen LogP contribution in [0.1, 0.15) is 38.5 Å². The molecule has 0 N–H and O–H groups in total. The van der Waals surface area contributed by atoms with Crippen LogP contribution in [0.5, 0.6) is 5.75 Å². The van der Waals surface area contributed by atoms with Crippen molar-refractivity contribution in [1.82, 2.24) is 4.90 Å². The third-order valence-corrected chi connectivity index (χ3v) is 7.15. The van der Waals surface area contributed by atoms with Crippen molar-refractivity contribution < 1.29 is 22.3 Å². The van der Waals surface area contributed by atoms with Gasteiger partial charge in [-0.15, -0.1) is 0 Å². The number of ether oxygens (including phenoxy) is 1. The van der Waals surface area contributed by atoms with Gasteiger partial charge in [-0.3, -0.25) is 4.79 Å². The minimum absolute atomic E-state index is 0.0204. The molecule has 1 atom stereocenters. The topological polar surface area (TPSA) is 63.7 Å². The summed E-state index contributed by atoms with van der Waals surface area (Å²) in [5.41, 5.74) is 0. The van der Waals surface area contributed by atoms with Crippen molar-refractivity contribution in [2.75, 3.05) is 18.1 Å². The number of hydrogen-bond acceptors (Lipinski definition) is 4. The molecule has 0 spiro atoms. The van der Waals surface area contributed by atoms with Gasteiger partial charge in [-0.2, -0.15) is 0 Å². The molecule has 1 unspecified atom stereocenters. The summed E-state index contributed by atoms with van der Waals surface area (Å²) >= 11 is 5.94. The Balaban J connectivity index is 1.71. The van der Waals surface area contributed by atoms with Crippen LogP contribution >= 0.6 is 11.6 Å². The van der Waals surface area contributed by atoms with E-state index in [1.165, 1.54) is 12.1 Å². The van der Waals surface area contributed by atoms with Crippen LogP contribution in [0.3, 0.4) is 0 Å². The second kappa shape index (κ2) is 8.13. The van der Waals surface area contributed by atoms with Crippen LogP contribution in [-0.2, 0) is 14.6 Å². The zero-order chi connectivity index (χ0) is 18.7. The minimum Gasteiger partial charge on any atom is -0.482 e. The van der Waals surface area contributed by atoms with Crippen LogP contribution in [0.15, 0.2) is 18.2 Å². The zero-order valence-electron chi connectivity index (χ0n) is 14.5. The van der Waals surface area contributed by atoms with Crippen LogP contribution in [-0.4, -0.2) is 49.4 Å². The maximum atomic E-state index is 13.1. The average molecular weight is 404 g/mol. The van der Waals surface area contributed by atoms with Gasteiger partial charge in [0.1, 0.15) is 11.6 Å². The van der Waals surface area contributed by atoms with Gasteiger partial charge in [-0.25, -0.2) is 12.8 Å². The fourth-order valence-corrected chi connectivity index (χ4v) is 5.80. The highest BCUT2D eigenvalue weighted by molar-refractivity contribution is 7.91. The van der Waals surface area contributed by atoms with Crippen molar-refractivity contribution in [2.24, 2.45) is 0 Å². The first-order valence-electron chi connectivity index (χ1n) is 8.95. The average Bonchev–Trinajstić information content (AvgIpc) is 2.95. The largest absolute Gasteiger partial charge is 0.482 e. The van der Waals surface area contributed by atoms with Gasteiger partial charge in [-0.1, -0.05) is 30.9 Å². The van der Waals surface area contributed by atoms with Gasteiger partial charge < -0.3 is 9.64 Å². The van der Waals surface area contributed by atoms with Gasteiger partial charge in [0, 0.05) is 12.1 Å². The van der Waals surface area contributed by atoms with Gasteiger partial charge in [0.15, 0.2) is 16.4 Å². The van der Waals surface area contributed by atoms with Crippen LogP contribution in [0.2, 0.25) is 5.02 Å². The molecule has 0 aromatic heterocycles. The van der Waals surface area contributed by atoms with Crippen LogP contribution < -0.4 is 4.74 Å². The molecule has 8 heteroatoms. The number of halogens is 2. The summed E-state index contributed by atoms with van der Waals surface area (Å²) in [4.78, 5) is 14.6.